The zero-order valence-electron chi connectivity index (χ0n) is 23.1. The molecule has 38 heavy (non-hydrogen) atoms. The summed E-state index contributed by atoms with van der Waals surface area (Å²) >= 11 is 0. The van der Waals surface area contributed by atoms with Crippen LogP contribution in [0.1, 0.15) is 63.1 Å². The monoisotopic (exact) mass is 515 g/mol. The number of allylic oxidation sites excluding steroid dienone is 1. The maximum atomic E-state index is 14.0. The molecule has 4 nitrogen and oxygen atoms in total. The number of hydrogen-bond acceptors (Lipinski definition) is 4. The van der Waals surface area contributed by atoms with E-state index in [1.54, 1.807) is 13.2 Å². The number of benzene rings is 3. The van der Waals surface area contributed by atoms with Crippen LogP contribution in [-0.2, 0) is 6.61 Å². The first-order valence-electron chi connectivity index (χ1n) is 13.6. The normalized spacial score (nSPS) is 16.4. The van der Waals surface area contributed by atoms with E-state index in [9.17, 15) is 4.39 Å². The lowest BCUT2D eigenvalue weighted by molar-refractivity contribution is 0.251. The van der Waals surface area contributed by atoms with E-state index >= 15 is 0 Å². The second kappa shape index (κ2) is 10.7. The first kappa shape index (κ1) is 26.1. The van der Waals surface area contributed by atoms with Gasteiger partial charge < -0.3 is 19.5 Å². The van der Waals surface area contributed by atoms with Gasteiger partial charge in [-0.15, -0.1) is 0 Å². The SMILES string of the molecule is COc1cc(OCC2CCCC2)ccc1-c1ccc2c(c1COc1cc(F)ccc1C)C(C)=CC(C)(C)N2. The smallest absolute Gasteiger partial charge is 0.130 e. The maximum absolute atomic E-state index is 14.0. The highest BCUT2D eigenvalue weighted by atomic mass is 19.1. The molecule has 0 unspecified atom stereocenters. The predicted octanol–water partition coefficient (Wildman–Crippen LogP) is 8.57. The van der Waals surface area contributed by atoms with Gasteiger partial charge in [-0.05, 0) is 87.4 Å². The van der Waals surface area contributed by atoms with Gasteiger partial charge in [-0.1, -0.05) is 31.1 Å². The van der Waals surface area contributed by atoms with Crippen LogP contribution in [0.2, 0.25) is 0 Å². The van der Waals surface area contributed by atoms with Crippen LogP contribution < -0.4 is 19.5 Å². The van der Waals surface area contributed by atoms with Crippen molar-refractivity contribution in [1.82, 2.24) is 0 Å². The molecule has 5 rings (SSSR count). The second-order valence-electron chi connectivity index (χ2n) is 11.2. The summed E-state index contributed by atoms with van der Waals surface area (Å²) in [6.07, 6.45) is 7.34. The van der Waals surface area contributed by atoms with Gasteiger partial charge in [-0.3, -0.25) is 0 Å². The molecule has 0 bridgehead atoms. The van der Waals surface area contributed by atoms with Crippen molar-refractivity contribution in [3.63, 3.8) is 0 Å². The molecule has 1 aliphatic heterocycles. The van der Waals surface area contributed by atoms with Crippen molar-refractivity contribution in [2.24, 2.45) is 5.92 Å². The number of hydrogen-bond donors (Lipinski definition) is 1. The number of ether oxygens (including phenoxy) is 3. The lowest BCUT2D eigenvalue weighted by atomic mass is 9.85. The number of rotatable bonds is 8. The van der Waals surface area contributed by atoms with Crippen molar-refractivity contribution in [3.8, 4) is 28.4 Å². The van der Waals surface area contributed by atoms with Crippen molar-refractivity contribution in [3.05, 3.63) is 77.1 Å². The minimum Gasteiger partial charge on any atom is -0.496 e. The Bertz CT molecular complexity index is 1350. The van der Waals surface area contributed by atoms with Crippen molar-refractivity contribution in [2.45, 2.75) is 65.5 Å². The quantitative estimate of drug-likeness (QED) is 0.326. The average Bonchev–Trinajstić information content (AvgIpc) is 3.40. The van der Waals surface area contributed by atoms with E-state index in [0.29, 0.717) is 18.3 Å². The molecule has 3 aromatic carbocycles. The Labute approximate surface area is 225 Å². The maximum Gasteiger partial charge on any atom is 0.130 e. The van der Waals surface area contributed by atoms with Gasteiger partial charge in [-0.2, -0.15) is 0 Å². The van der Waals surface area contributed by atoms with Crippen LogP contribution in [-0.4, -0.2) is 19.3 Å². The first-order valence-corrected chi connectivity index (χ1v) is 13.6. The fourth-order valence-corrected chi connectivity index (χ4v) is 5.86. The fourth-order valence-electron chi connectivity index (χ4n) is 5.86. The zero-order chi connectivity index (χ0) is 26.9. The lowest BCUT2D eigenvalue weighted by Gasteiger charge is -2.33. The molecule has 1 N–H and O–H groups in total. The third-order valence-corrected chi connectivity index (χ3v) is 7.69. The molecule has 0 atom stereocenters. The van der Waals surface area contributed by atoms with E-state index in [4.69, 9.17) is 14.2 Å². The third kappa shape index (κ3) is 5.52. The number of methoxy groups -OCH3 is 1. The summed E-state index contributed by atoms with van der Waals surface area (Å²) < 4.78 is 32.3. The summed E-state index contributed by atoms with van der Waals surface area (Å²) in [4.78, 5) is 0. The Morgan fingerprint density at radius 3 is 2.45 bits per heavy atom. The zero-order valence-corrected chi connectivity index (χ0v) is 23.1. The van der Waals surface area contributed by atoms with Crippen molar-refractivity contribution in [1.29, 1.82) is 0 Å². The number of nitrogens with one attached hydrogen (secondary N) is 1. The molecular weight excluding hydrogens is 477 g/mol. The van der Waals surface area contributed by atoms with E-state index in [-0.39, 0.29) is 11.4 Å². The van der Waals surface area contributed by atoms with Gasteiger partial charge in [-0.25, -0.2) is 4.39 Å². The summed E-state index contributed by atoms with van der Waals surface area (Å²) in [7, 11) is 1.69. The summed E-state index contributed by atoms with van der Waals surface area (Å²) in [5, 5.41) is 3.64. The molecule has 5 heteroatoms. The van der Waals surface area contributed by atoms with E-state index in [0.717, 1.165) is 51.6 Å². The molecule has 0 saturated heterocycles. The molecule has 0 radical (unpaired) electrons. The molecular formula is C33H38FNO3. The van der Waals surface area contributed by atoms with Crippen molar-refractivity contribution < 1.29 is 18.6 Å². The number of anilines is 1. The summed E-state index contributed by atoms with van der Waals surface area (Å²) in [6, 6.07) is 15.0. The van der Waals surface area contributed by atoms with Gasteiger partial charge in [0, 0.05) is 34.5 Å². The molecule has 2 aliphatic rings. The summed E-state index contributed by atoms with van der Waals surface area (Å²) in [6.45, 7) is 9.43. The van der Waals surface area contributed by atoms with Crippen LogP contribution in [0.5, 0.6) is 17.2 Å². The Morgan fingerprint density at radius 2 is 1.68 bits per heavy atom. The standard InChI is InChI=1S/C33H38FNO3/c1-21-10-11-24(34)16-30(21)38-20-28-26(14-15-29-32(28)22(2)18-33(3,4)35-29)27-13-12-25(17-31(27)36-5)37-19-23-8-6-7-9-23/h10-18,23,35H,6-9,19-20H2,1-5H3. The average molecular weight is 516 g/mol. The lowest BCUT2D eigenvalue weighted by Crippen LogP contribution is -2.32. The topological polar surface area (TPSA) is 39.7 Å². The minimum absolute atomic E-state index is 0.161. The number of aryl methyl sites for hydroxylation is 1. The second-order valence-corrected chi connectivity index (χ2v) is 11.2. The Hall–Kier alpha value is -3.47. The van der Waals surface area contributed by atoms with E-state index in [1.807, 2.05) is 19.1 Å². The molecule has 1 saturated carbocycles. The molecule has 0 amide bonds. The van der Waals surface area contributed by atoms with Crippen LogP contribution in [0.3, 0.4) is 0 Å². The first-order chi connectivity index (χ1) is 18.2. The van der Waals surface area contributed by atoms with Gasteiger partial charge >= 0.3 is 0 Å². The molecule has 1 heterocycles. The van der Waals surface area contributed by atoms with Gasteiger partial charge in [0.05, 0.1) is 19.3 Å². The molecule has 1 aliphatic carbocycles. The third-order valence-electron chi connectivity index (χ3n) is 7.69. The highest BCUT2D eigenvalue weighted by Crippen LogP contribution is 2.43. The van der Waals surface area contributed by atoms with Crippen LogP contribution in [0.15, 0.2) is 54.6 Å². The summed E-state index contributed by atoms with van der Waals surface area (Å²) in [5.74, 6) is 2.45. The molecule has 3 aromatic rings. The Balaban J connectivity index is 1.54. The molecule has 0 spiro atoms. The molecule has 0 aromatic heterocycles. The van der Waals surface area contributed by atoms with Crippen molar-refractivity contribution in [2.75, 3.05) is 19.0 Å². The Morgan fingerprint density at radius 1 is 0.921 bits per heavy atom. The van der Waals surface area contributed by atoms with Crippen LogP contribution in [0, 0.1) is 18.7 Å². The Kier molecular flexibility index (Phi) is 7.38. The predicted molar refractivity (Wildman–Crippen MR) is 153 cm³/mol. The van der Waals surface area contributed by atoms with Crippen LogP contribution >= 0.6 is 0 Å². The summed E-state index contributed by atoms with van der Waals surface area (Å²) in [5.41, 5.74) is 7.10. The van der Waals surface area contributed by atoms with Gasteiger partial charge in [0.15, 0.2) is 0 Å². The van der Waals surface area contributed by atoms with Gasteiger partial charge in [0.1, 0.15) is 29.7 Å². The largest absolute Gasteiger partial charge is 0.496 e. The fraction of sp³-hybridized carbons (Fsp3) is 0.394. The highest BCUT2D eigenvalue weighted by molar-refractivity contribution is 5.88. The van der Waals surface area contributed by atoms with E-state index < -0.39 is 0 Å². The number of halogens is 1. The van der Waals surface area contributed by atoms with Crippen molar-refractivity contribution >= 4 is 11.3 Å². The van der Waals surface area contributed by atoms with Gasteiger partial charge in [0.2, 0.25) is 0 Å². The van der Waals surface area contributed by atoms with Gasteiger partial charge in [0.25, 0.3) is 0 Å². The number of fused-ring (bicyclic) bond motifs is 1. The minimum atomic E-state index is -0.310. The van der Waals surface area contributed by atoms with Crippen LogP contribution in [0.25, 0.3) is 16.7 Å². The van der Waals surface area contributed by atoms with Crippen LogP contribution in [0.4, 0.5) is 10.1 Å². The van der Waals surface area contributed by atoms with E-state index in [1.165, 1.54) is 43.4 Å². The highest BCUT2D eigenvalue weighted by Gasteiger charge is 2.27. The van der Waals surface area contributed by atoms with E-state index in [2.05, 4.69) is 50.4 Å². The molecule has 1 fully saturated rings. The molecule has 200 valence electrons.